The van der Waals surface area contributed by atoms with E-state index in [2.05, 4.69) is 16.3 Å². The van der Waals surface area contributed by atoms with Crippen LogP contribution < -0.4 is 4.74 Å². The zero-order valence-electron chi connectivity index (χ0n) is 18.5. The number of para-hydroxylation sites is 1. The van der Waals surface area contributed by atoms with Gasteiger partial charge >= 0.3 is 0 Å². The molecule has 32 heavy (non-hydrogen) atoms. The quantitative estimate of drug-likeness (QED) is 0.716. The second-order valence-electron chi connectivity index (χ2n) is 8.23. The lowest BCUT2D eigenvalue weighted by Gasteiger charge is -2.44. The van der Waals surface area contributed by atoms with Crippen LogP contribution >= 0.6 is 0 Å². The minimum Gasteiger partial charge on any atom is -0.491 e. The van der Waals surface area contributed by atoms with Crippen molar-refractivity contribution in [2.75, 3.05) is 39.4 Å². The van der Waals surface area contributed by atoms with Gasteiger partial charge in [0.2, 0.25) is 0 Å². The summed E-state index contributed by atoms with van der Waals surface area (Å²) in [5, 5.41) is 7.76. The number of hydrogen-bond donors (Lipinski definition) is 0. The summed E-state index contributed by atoms with van der Waals surface area (Å²) in [5.74, 6) is 0.593. The van der Waals surface area contributed by atoms with Crippen LogP contribution in [-0.2, 0) is 16.0 Å². The molecule has 0 N–H and O–H groups in total. The molecule has 0 saturated carbocycles. The van der Waals surface area contributed by atoms with Gasteiger partial charge in [-0.3, -0.25) is 9.59 Å². The third-order valence-electron chi connectivity index (χ3n) is 6.19. The number of amides is 2. The van der Waals surface area contributed by atoms with Crippen molar-refractivity contribution in [2.24, 2.45) is 0 Å². The fourth-order valence-electron chi connectivity index (χ4n) is 4.46. The van der Waals surface area contributed by atoms with Crippen molar-refractivity contribution in [3.05, 3.63) is 53.9 Å². The smallest absolute Gasteiger partial charge is 0.274 e. The summed E-state index contributed by atoms with van der Waals surface area (Å²) in [5.41, 5.74) is 0.410. The van der Waals surface area contributed by atoms with Gasteiger partial charge in [-0.15, -0.1) is 5.10 Å². The highest BCUT2D eigenvalue weighted by Gasteiger charge is 2.46. The van der Waals surface area contributed by atoms with Gasteiger partial charge in [0.1, 0.15) is 12.4 Å². The second kappa shape index (κ2) is 10.1. The Morgan fingerprint density at radius 3 is 2.81 bits per heavy atom. The van der Waals surface area contributed by atoms with E-state index in [0.717, 1.165) is 25.0 Å². The summed E-state index contributed by atoms with van der Waals surface area (Å²) >= 11 is 0. The Hall–Kier alpha value is -3.00. The first-order chi connectivity index (χ1) is 15.6. The fourth-order valence-corrected chi connectivity index (χ4v) is 4.46. The number of nitrogens with zero attached hydrogens (tertiary/aromatic N) is 4. The van der Waals surface area contributed by atoms with Crippen LogP contribution in [0.3, 0.4) is 0 Å². The Bertz CT molecular complexity index is 939. The Balaban J connectivity index is 1.56. The molecule has 0 bridgehead atoms. The third kappa shape index (κ3) is 4.75. The summed E-state index contributed by atoms with van der Waals surface area (Å²) in [6.45, 7) is 4.34. The maximum absolute atomic E-state index is 13.7. The van der Waals surface area contributed by atoms with Crippen molar-refractivity contribution in [2.45, 2.75) is 38.2 Å². The number of aryl methyl sites for hydroxylation is 1. The normalized spacial score (nSPS) is 22.5. The number of benzene rings is 1. The topological polar surface area (TPSA) is 84.9 Å². The van der Waals surface area contributed by atoms with Crippen LogP contribution in [0.1, 0.15) is 42.2 Å². The maximum Gasteiger partial charge on any atom is 0.274 e. The van der Waals surface area contributed by atoms with Gasteiger partial charge in [0.05, 0.1) is 19.7 Å². The maximum atomic E-state index is 13.7. The van der Waals surface area contributed by atoms with Gasteiger partial charge in [0.25, 0.3) is 11.8 Å². The van der Waals surface area contributed by atoms with Gasteiger partial charge in [0, 0.05) is 19.3 Å². The van der Waals surface area contributed by atoms with Gasteiger partial charge in [0.15, 0.2) is 11.3 Å². The van der Waals surface area contributed by atoms with Crippen LogP contribution in [-0.4, -0.2) is 76.8 Å². The summed E-state index contributed by atoms with van der Waals surface area (Å²) in [4.78, 5) is 30.2. The van der Waals surface area contributed by atoms with Crippen molar-refractivity contribution in [3.63, 3.8) is 0 Å². The van der Waals surface area contributed by atoms with E-state index in [1.165, 1.54) is 11.8 Å². The average molecular weight is 439 g/mol. The molecule has 1 unspecified atom stereocenters. The Labute approximate surface area is 188 Å². The molecular weight excluding hydrogens is 408 g/mol. The van der Waals surface area contributed by atoms with Crippen molar-refractivity contribution in [3.8, 4) is 5.75 Å². The molecule has 1 fully saturated rings. The number of hydrogen-bond acceptors (Lipinski definition) is 6. The van der Waals surface area contributed by atoms with E-state index in [1.807, 2.05) is 25.1 Å². The van der Waals surface area contributed by atoms with Crippen LogP contribution in [0.4, 0.5) is 0 Å². The van der Waals surface area contributed by atoms with Crippen molar-refractivity contribution < 1.29 is 19.1 Å². The van der Waals surface area contributed by atoms with Crippen LogP contribution in [0, 0.1) is 0 Å². The molecule has 4 rings (SSSR count). The highest BCUT2D eigenvalue weighted by atomic mass is 16.5. The lowest BCUT2D eigenvalue weighted by molar-refractivity contribution is -0.170. The van der Waals surface area contributed by atoms with Crippen molar-refractivity contribution in [1.82, 2.24) is 20.0 Å². The molecule has 1 spiro atoms. The monoisotopic (exact) mass is 438 g/mol. The summed E-state index contributed by atoms with van der Waals surface area (Å²) in [6.07, 6.45) is 4.69. The van der Waals surface area contributed by atoms with E-state index in [-0.39, 0.29) is 24.1 Å². The molecule has 0 aliphatic carbocycles. The van der Waals surface area contributed by atoms with Gasteiger partial charge in [-0.1, -0.05) is 18.2 Å². The van der Waals surface area contributed by atoms with Gasteiger partial charge < -0.3 is 19.3 Å². The Morgan fingerprint density at radius 1 is 1.12 bits per heavy atom. The molecule has 2 aliphatic heterocycles. The van der Waals surface area contributed by atoms with Gasteiger partial charge in [-0.2, -0.15) is 5.10 Å². The highest BCUT2D eigenvalue weighted by Crippen LogP contribution is 2.30. The Kier molecular flexibility index (Phi) is 6.99. The first-order valence-corrected chi connectivity index (χ1v) is 11.3. The van der Waals surface area contributed by atoms with Crippen molar-refractivity contribution >= 4 is 11.8 Å². The highest BCUT2D eigenvalue weighted by molar-refractivity contribution is 5.93. The summed E-state index contributed by atoms with van der Waals surface area (Å²) < 4.78 is 12.2. The molecule has 8 heteroatoms. The number of carbonyl (C=O) groups is 2. The van der Waals surface area contributed by atoms with Crippen LogP contribution in [0.2, 0.25) is 0 Å². The molecule has 1 aromatic carbocycles. The number of likely N-dealkylation sites (N-methyl/N-ethyl adjacent to an activating group) is 1. The molecule has 3 heterocycles. The van der Waals surface area contributed by atoms with Gasteiger partial charge in [-0.05, 0) is 56.4 Å². The van der Waals surface area contributed by atoms with E-state index >= 15 is 0 Å². The molecule has 2 aromatic rings. The van der Waals surface area contributed by atoms with Crippen LogP contribution in [0.5, 0.6) is 5.75 Å². The molecule has 1 atom stereocenters. The second-order valence-corrected chi connectivity index (χ2v) is 8.23. The molecular formula is C24H30N4O4. The van der Waals surface area contributed by atoms with E-state index in [1.54, 1.807) is 21.9 Å². The molecule has 2 amide bonds. The van der Waals surface area contributed by atoms with Crippen molar-refractivity contribution in [1.29, 1.82) is 0 Å². The number of rotatable bonds is 2. The summed E-state index contributed by atoms with van der Waals surface area (Å²) in [6, 6.07) is 11.4. The van der Waals surface area contributed by atoms with Gasteiger partial charge in [-0.25, -0.2) is 0 Å². The Morgan fingerprint density at radius 2 is 2.00 bits per heavy atom. The lowest BCUT2D eigenvalue weighted by Crippen LogP contribution is -2.62. The van der Waals surface area contributed by atoms with E-state index in [9.17, 15) is 9.59 Å². The predicted molar refractivity (Wildman–Crippen MR) is 118 cm³/mol. The number of morpholine rings is 1. The summed E-state index contributed by atoms with van der Waals surface area (Å²) in [7, 11) is 0. The lowest BCUT2D eigenvalue weighted by atomic mass is 9.91. The molecule has 170 valence electrons. The van der Waals surface area contributed by atoms with E-state index in [4.69, 9.17) is 9.47 Å². The average Bonchev–Trinajstić information content (AvgIpc) is 2.84. The largest absolute Gasteiger partial charge is 0.491 e. The van der Waals surface area contributed by atoms with Crippen LogP contribution in [0.15, 0.2) is 42.6 Å². The zero-order valence-corrected chi connectivity index (χ0v) is 18.5. The number of fused-ring (bicyclic) bond motifs is 1. The van der Waals surface area contributed by atoms with E-state index in [0.29, 0.717) is 39.3 Å². The zero-order chi connectivity index (χ0) is 22.4. The minimum atomic E-state index is -1.05. The fraction of sp³-hybridized carbons (Fsp3) is 0.500. The molecule has 1 aromatic heterocycles. The van der Waals surface area contributed by atoms with Crippen LogP contribution in [0.25, 0.3) is 0 Å². The standard InChI is InChI=1S/C24H30N4O4/c1-2-27-14-16-31-21-11-4-3-8-19(21)9-5-6-12-24(23(27)30)18-28(15-17-32-24)22(29)20-10-7-13-25-26-20/h3-4,7-8,10-11,13H,2,5-6,9,12,14-18H2,1H3. The third-order valence-corrected chi connectivity index (χ3v) is 6.19. The molecule has 2 aliphatic rings. The minimum absolute atomic E-state index is 0.0749. The molecule has 8 nitrogen and oxygen atoms in total. The number of ether oxygens (including phenoxy) is 2. The number of aromatic nitrogens is 2. The first kappa shape index (κ1) is 22.2. The molecule has 1 saturated heterocycles. The predicted octanol–water partition coefficient (Wildman–Crippen LogP) is 2.34. The first-order valence-electron chi connectivity index (χ1n) is 11.3. The SMILES string of the molecule is CCN1CCOc2ccccc2CCCCC2(CN(C(=O)c3cccnn3)CCO2)C1=O. The molecule has 0 radical (unpaired) electrons. The van der Waals surface area contributed by atoms with E-state index < -0.39 is 5.60 Å². The number of carbonyl (C=O) groups excluding carboxylic acids is 2.